The summed E-state index contributed by atoms with van der Waals surface area (Å²) in [5, 5.41) is 0. The Labute approximate surface area is 154 Å². The normalized spacial score (nSPS) is 15.8. The Bertz CT molecular complexity index is 964. The molecule has 0 saturated carbocycles. The molecule has 1 heterocycles. The van der Waals surface area contributed by atoms with Crippen molar-refractivity contribution in [3.05, 3.63) is 84.7 Å². The summed E-state index contributed by atoms with van der Waals surface area (Å²) in [6.07, 6.45) is 9.38. The Hall–Kier alpha value is -3.01. The van der Waals surface area contributed by atoms with Crippen molar-refractivity contribution in [1.29, 1.82) is 0 Å². The molecule has 0 N–H and O–H groups in total. The lowest BCUT2D eigenvalue weighted by Gasteiger charge is -2.14. The number of hydrogen-bond acceptors (Lipinski definition) is 3. The van der Waals surface area contributed by atoms with Crippen LogP contribution in [0.3, 0.4) is 0 Å². The summed E-state index contributed by atoms with van der Waals surface area (Å²) in [5.41, 5.74) is 3.34. The smallest absolute Gasteiger partial charge is 0.163 e. The minimum atomic E-state index is 0.193. The summed E-state index contributed by atoms with van der Waals surface area (Å²) in [6, 6.07) is 18.6. The average Bonchev–Trinajstić information content (AvgIpc) is 2.75. The molecular formula is C22H20BN3. The fourth-order valence-electron chi connectivity index (χ4n) is 3.11. The molecule has 126 valence electrons. The van der Waals surface area contributed by atoms with Gasteiger partial charge in [0.05, 0.1) is 0 Å². The van der Waals surface area contributed by atoms with E-state index in [4.69, 9.17) is 15.0 Å². The van der Waals surface area contributed by atoms with Gasteiger partial charge in [-0.2, -0.15) is 0 Å². The minimum Gasteiger partial charge on any atom is -0.212 e. The molecule has 3 nitrogen and oxygen atoms in total. The van der Waals surface area contributed by atoms with E-state index in [9.17, 15) is 0 Å². The predicted molar refractivity (Wildman–Crippen MR) is 109 cm³/mol. The lowest BCUT2D eigenvalue weighted by atomic mass is 9.73. The van der Waals surface area contributed by atoms with E-state index in [1.165, 1.54) is 5.46 Å². The van der Waals surface area contributed by atoms with Crippen molar-refractivity contribution in [3.63, 3.8) is 0 Å². The molecule has 1 aliphatic rings. The van der Waals surface area contributed by atoms with Gasteiger partial charge in [0.2, 0.25) is 0 Å². The molecule has 0 aliphatic heterocycles. The molecule has 2 aromatic carbocycles. The predicted octanol–water partition coefficient (Wildman–Crippen LogP) is 3.92. The molecular weight excluding hydrogens is 317 g/mol. The van der Waals surface area contributed by atoms with E-state index >= 15 is 0 Å². The van der Waals surface area contributed by atoms with Crippen molar-refractivity contribution in [2.45, 2.75) is 19.2 Å². The summed E-state index contributed by atoms with van der Waals surface area (Å²) in [6.45, 7) is 2.16. The number of hydrogen-bond donors (Lipinski definition) is 0. The third-order valence-corrected chi connectivity index (χ3v) is 4.59. The van der Waals surface area contributed by atoms with Crippen molar-refractivity contribution in [3.8, 4) is 22.8 Å². The molecule has 4 rings (SSSR count). The lowest BCUT2D eigenvalue weighted by Crippen LogP contribution is -2.11. The SMILES string of the molecule is CBc1cccc(-c2nc(-c3ccccc3)nc(C3C=CC=CC3)n2)c1. The maximum Gasteiger partial charge on any atom is 0.163 e. The van der Waals surface area contributed by atoms with Crippen LogP contribution >= 0.6 is 0 Å². The second-order valence-electron chi connectivity index (χ2n) is 6.42. The van der Waals surface area contributed by atoms with Gasteiger partial charge in [-0.3, -0.25) is 0 Å². The Kier molecular flexibility index (Phi) is 4.74. The van der Waals surface area contributed by atoms with Crippen molar-refractivity contribution in [1.82, 2.24) is 15.0 Å². The van der Waals surface area contributed by atoms with Crippen molar-refractivity contribution >= 4 is 12.7 Å². The maximum absolute atomic E-state index is 4.82. The van der Waals surface area contributed by atoms with Crippen LogP contribution in [0.15, 0.2) is 78.9 Å². The molecule has 1 aliphatic carbocycles. The first-order valence-electron chi connectivity index (χ1n) is 9.07. The zero-order valence-electron chi connectivity index (χ0n) is 14.8. The van der Waals surface area contributed by atoms with Gasteiger partial charge in [0.25, 0.3) is 0 Å². The maximum atomic E-state index is 4.82. The summed E-state index contributed by atoms with van der Waals surface area (Å²) in [7, 11) is 0.994. The first-order valence-corrected chi connectivity index (χ1v) is 9.07. The van der Waals surface area contributed by atoms with Crippen LogP contribution in [-0.2, 0) is 0 Å². The van der Waals surface area contributed by atoms with Crippen LogP contribution in [0.5, 0.6) is 0 Å². The first kappa shape index (κ1) is 16.5. The van der Waals surface area contributed by atoms with Crippen molar-refractivity contribution in [2.24, 2.45) is 0 Å². The van der Waals surface area contributed by atoms with Crippen molar-refractivity contribution in [2.75, 3.05) is 0 Å². The fraction of sp³-hybridized carbons (Fsp3) is 0.136. The van der Waals surface area contributed by atoms with Gasteiger partial charge in [-0.15, -0.1) is 0 Å². The number of nitrogens with zero attached hydrogens (tertiary/aromatic N) is 3. The highest BCUT2D eigenvalue weighted by atomic mass is 15.0. The number of benzene rings is 2. The monoisotopic (exact) mass is 337 g/mol. The molecule has 1 unspecified atom stereocenters. The van der Waals surface area contributed by atoms with Gasteiger partial charge in [-0.1, -0.05) is 91.2 Å². The molecule has 1 atom stereocenters. The van der Waals surface area contributed by atoms with Gasteiger partial charge in [0, 0.05) is 17.0 Å². The number of rotatable bonds is 4. The molecule has 3 aromatic rings. The topological polar surface area (TPSA) is 38.7 Å². The van der Waals surface area contributed by atoms with Crippen molar-refractivity contribution < 1.29 is 0 Å². The Morgan fingerprint density at radius 1 is 0.846 bits per heavy atom. The highest BCUT2D eigenvalue weighted by molar-refractivity contribution is 6.52. The molecule has 0 amide bonds. The third-order valence-electron chi connectivity index (χ3n) is 4.59. The Morgan fingerprint density at radius 3 is 2.35 bits per heavy atom. The summed E-state index contributed by atoms with van der Waals surface area (Å²) in [4.78, 5) is 14.4. The van der Waals surface area contributed by atoms with E-state index in [0.717, 1.165) is 42.3 Å². The molecule has 1 aromatic heterocycles. The zero-order valence-corrected chi connectivity index (χ0v) is 14.8. The highest BCUT2D eigenvalue weighted by Crippen LogP contribution is 2.26. The highest BCUT2D eigenvalue weighted by Gasteiger charge is 2.17. The van der Waals surface area contributed by atoms with E-state index < -0.39 is 0 Å². The molecule has 0 spiro atoms. The Morgan fingerprint density at radius 2 is 1.62 bits per heavy atom. The van der Waals surface area contributed by atoms with E-state index in [-0.39, 0.29) is 5.92 Å². The first-order chi connectivity index (χ1) is 12.8. The van der Waals surface area contributed by atoms with Crippen LogP contribution in [0.4, 0.5) is 0 Å². The molecule has 0 radical (unpaired) electrons. The molecule has 0 fully saturated rings. The van der Waals surface area contributed by atoms with Gasteiger partial charge < -0.3 is 0 Å². The van der Waals surface area contributed by atoms with Crippen LogP contribution in [0.25, 0.3) is 22.8 Å². The summed E-state index contributed by atoms with van der Waals surface area (Å²) < 4.78 is 0. The van der Waals surface area contributed by atoms with Crippen LogP contribution in [0.1, 0.15) is 18.2 Å². The van der Waals surface area contributed by atoms with E-state index in [1.807, 2.05) is 30.3 Å². The van der Waals surface area contributed by atoms with Crippen LogP contribution < -0.4 is 5.46 Å². The zero-order chi connectivity index (χ0) is 17.8. The lowest BCUT2D eigenvalue weighted by molar-refractivity contribution is 0.764. The summed E-state index contributed by atoms with van der Waals surface area (Å²) in [5.74, 6) is 2.50. The quantitative estimate of drug-likeness (QED) is 0.678. The largest absolute Gasteiger partial charge is 0.212 e. The van der Waals surface area contributed by atoms with Gasteiger partial charge in [-0.25, -0.2) is 15.0 Å². The van der Waals surface area contributed by atoms with E-state index in [0.29, 0.717) is 0 Å². The fourth-order valence-corrected chi connectivity index (χ4v) is 3.11. The second-order valence-corrected chi connectivity index (χ2v) is 6.42. The molecule has 0 saturated heterocycles. The minimum absolute atomic E-state index is 0.193. The standard InChI is InChI=1S/C22H20BN3/c1-23-19-14-8-13-18(15-19)22-25-20(16-9-4-2-5-10-16)24-21(26-22)17-11-6-3-7-12-17/h2-11,13-15,17,23H,12H2,1H3. The van der Waals surface area contributed by atoms with Gasteiger partial charge >= 0.3 is 0 Å². The number of aromatic nitrogens is 3. The van der Waals surface area contributed by atoms with Crippen LogP contribution in [0.2, 0.25) is 6.82 Å². The van der Waals surface area contributed by atoms with Gasteiger partial charge in [-0.05, 0) is 6.42 Å². The van der Waals surface area contributed by atoms with Gasteiger partial charge in [0.15, 0.2) is 18.9 Å². The molecule has 0 bridgehead atoms. The number of allylic oxidation sites excluding steroid dienone is 4. The average molecular weight is 337 g/mol. The molecule has 4 heteroatoms. The Balaban J connectivity index is 1.84. The van der Waals surface area contributed by atoms with Crippen LogP contribution in [0, 0.1) is 0 Å². The van der Waals surface area contributed by atoms with E-state index in [2.05, 4.69) is 55.4 Å². The van der Waals surface area contributed by atoms with E-state index in [1.54, 1.807) is 0 Å². The molecule has 26 heavy (non-hydrogen) atoms. The van der Waals surface area contributed by atoms with Crippen LogP contribution in [-0.4, -0.2) is 22.2 Å². The third kappa shape index (κ3) is 3.50. The second kappa shape index (κ2) is 7.48. The van der Waals surface area contributed by atoms with Gasteiger partial charge in [0.1, 0.15) is 5.82 Å². The summed E-state index contributed by atoms with van der Waals surface area (Å²) >= 11 is 0.